The standard InChI is InChI=1S/C21H19FN2O3/c1-14(2)16-9-7-15(8-10-16)11-17(12-23)21(26)27-13-20(25)24-19-6-4-3-5-18(19)22/h3-11,14H,13H2,1-2H3,(H,24,25)/b17-11+. The van der Waals surface area contributed by atoms with Gasteiger partial charge in [-0.15, -0.1) is 0 Å². The van der Waals surface area contributed by atoms with Crippen molar-refractivity contribution in [2.24, 2.45) is 0 Å². The van der Waals surface area contributed by atoms with Crippen LogP contribution in [0.25, 0.3) is 6.08 Å². The first kappa shape index (κ1) is 19.9. The van der Waals surface area contributed by atoms with Crippen molar-refractivity contribution in [1.82, 2.24) is 0 Å². The fraction of sp³-hybridized carbons (Fsp3) is 0.190. The number of halogens is 1. The predicted octanol–water partition coefficient (Wildman–Crippen LogP) is 4.04. The largest absolute Gasteiger partial charge is 0.451 e. The fourth-order valence-corrected chi connectivity index (χ4v) is 2.24. The van der Waals surface area contributed by atoms with Crippen LogP contribution in [0.1, 0.15) is 30.9 Å². The number of nitriles is 1. The van der Waals surface area contributed by atoms with Gasteiger partial charge < -0.3 is 10.1 Å². The van der Waals surface area contributed by atoms with Gasteiger partial charge in [0, 0.05) is 0 Å². The summed E-state index contributed by atoms with van der Waals surface area (Å²) in [5.74, 6) is -1.85. The number of hydrogen-bond acceptors (Lipinski definition) is 4. The Kier molecular flexibility index (Phi) is 6.84. The highest BCUT2D eigenvalue weighted by Gasteiger charge is 2.14. The van der Waals surface area contributed by atoms with Gasteiger partial charge in [-0.05, 0) is 35.3 Å². The summed E-state index contributed by atoms with van der Waals surface area (Å²) >= 11 is 0. The summed E-state index contributed by atoms with van der Waals surface area (Å²) in [7, 11) is 0. The van der Waals surface area contributed by atoms with Crippen LogP contribution in [0.15, 0.2) is 54.1 Å². The van der Waals surface area contributed by atoms with Crippen LogP contribution in [0.2, 0.25) is 0 Å². The molecule has 1 amide bonds. The molecular weight excluding hydrogens is 347 g/mol. The molecule has 0 aliphatic carbocycles. The third-order valence-electron chi connectivity index (χ3n) is 3.74. The summed E-state index contributed by atoms with van der Waals surface area (Å²) in [6.45, 7) is 3.50. The molecule has 0 aliphatic rings. The zero-order valence-electron chi connectivity index (χ0n) is 15.0. The van der Waals surface area contributed by atoms with Crippen LogP contribution in [0, 0.1) is 17.1 Å². The van der Waals surface area contributed by atoms with Gasteiger partial charge in [0.05, 0.1) is 5.69 Å². The second-order valence-corrected chi connectivity index (χ2v) is 6.10. The Balaban J connectivity index is 1.97. The number of nitrogens with zero attached hydrogens (tertiary/aromatic N) is 1. The van der Waals surface area contributed by atoms with E-state index in [9.17, 15) is 14.0 Å². The van der Waals surface area contributed by atoms with Gasteiger partial charge in [0.15, 0.2) is 6.61 Å². The van der Waals surface area contributed by atoms with Crippen molar-refractivity contribution >= 4 is 23.6 Å². The van der Waals surface area contributed by atoms with E-state index in [2.05, 4.69) is 19.2 Å². The van der Waals surface area contributed by atoms with E-state index in [4.69, 9.17) is 10.00 Å². The molecule has 27 heavy (non-hydrogen) atoms. The molecule has 5 nitrogen and oxygen atoms in total. The first-order valence-electron chi connectivity index (χ1n) is 8.34. The van der Waals surface area contributed by atoms with Gasteiger partial charge in [-0.25, -0.2) is 9.18 Å². The Morgan fingerprint density at radius 2 is 1.85 bits per heavy atom. The summed E-state index contributed by atoms with van der Waals surface area (Å²) in [6.07, 6.45) is 1.39. The maximum absolute atomic E-state index is 13.5. The Labute approximate surface area is 157 Å². The molecule has 0 saturated heterocycles. The van der Waals surface area contributed by atoms with E-state index in [1.54, 1.807) is 24.3 Å². The van der Waals surface area contributed by atoms with Crippen LogP contribution in [-0.2, 0) is 14.3 Å². The summed E-state index contributed by atoms with van der Waals surface area (Å²) in [6, 6.07) is 14.8. The van der Waals surface area contributed by atoms with E-state index in [-0.39, 0.29) is 11.3 Å². The Hall–Kier alpha value is -3.46. The molecule has 6 heteroatoms. The molecule has 2 aromatic carbocycles. The number of ether oxygens (including phenoxy) is 1. The number of para-hydroxylation sites is 1. The molecule has 1 N–H and O–H groups in total. The summed E-state index contributed by atoms with van der Waals surface area (Å²) in [5.41, 5.74) is 1.56. The lowest BCUT2D eigenvalue weighted by Crippen LogP contribution is -2.21. The molecule has 0 bridgehead atoms. The van der Waals surface area contributed by atoms with Crippen LogP contribution in [0.5, 0.6) is 0 Å². The quantitative estimate of drug-likeness (QED) is 0.475. The van der Waals surface area contributed by atoms with Crippen molar-refractivity contribution in [2.45, 2.75) is 19.8 Å². The average molecular weight is 366 g/mol. The maximum Gasteiger partial charge on any atom is 0.349 e. The van der Waals surface area contributed by atoms with E-state index in [1.807, 2.05) is 12.1 Å². The van der Waals surface area contributed by atoms with Crippen LogP contribution in [0.3, 0.4) is 0 Å². The third kappa shape index (κ3) is 5.79. The van der Waals surface area contributed by atoms with Crippen LogP contribution >= 0.6 is 0 Å². The zero-order chi connectivity index (χ0) is 19.8. The number of benzene rings is 2. The molecule has 138 valence electrons. The Morgan fingerprint density at radius 3 is 2.44 bits per heavy atom. The molecule has 0 aromatic heterocycles. The molecule has 0 fully saturated rings. The monoisotopic (exact) mass is 366 g/mol. The van der Waals surface area contributed by atoms with E-state index in [0.29, 0.717) is 11.5 Å². The van der Waals surface area contributed by atoms with Crippen molar-refractivity contribution < 1.29 is 18.7 Å². The summed E-state index contributed by atoms with van der Waals surface area (Å²) in [4.78, 5) is 23.8. The first-order valence-corrected chi connectivity index (χ1v) is 8.34. The topological polar surface area (TPSA) is 79.2 Å². The van der Waals surface area contributed by atoms with Crippen LogP contribution in [0.4, 0.5) is 10.1 Å². The minimum atomic E-state index is -0.922. The number of anilines is 1. The van der Waals surface area contributed by atoms with Gasteiger partial charge in [-0.1, -0.05) is 50.2 Å². The van der Waals surface area contributed by atoms with E-state index < -0.39 is 24.3 Å². The number of amides is 1. The fourth-order valence-electron chi connectivity index (χ4n) is 2.24. The van der Waals surface area contributed by atoms with Gasteiger partial charge in [0.1, 0.15) is 17.5 Å². The zero-order valence-corrected chi connectivity index (χ0v) is 15.0. The van der Waals surface area contributed by atoms with Crippen LogP contribution < -0.4 is 5.32 Å². The second-order valence-electron chi connectivity index (χ2n) is 6.10. The van der Waals surface area contributed by atoms with Gasteiger partial charge in [-0.2, -0.15) is 5.26 Å². The average Bonchev–Trinajstić information content (AvgIpc) is 2.66. The number of hydrogen-bond donors (Lipinski definition) is 1. The van der Waals surface area contributed by atoms with E-state index >= 15 is 0 Å². The Bertz CT molecular complexity index is 896. The van der Waals surface area contributed by atoms with Crippen molar-refractivity contribution in [2.75, 3.05) is 11.9 Å². The summed E-state index contributed by atoms with van der Waals surface area (Å²) in [5, 5.41) is 11.5. The molecule has 0 radical (unpaired) electrons. The van der Waals surface area contributed by atoms with E-state index in [1.165, 1.54) is 24.3 Å². The Morgan fingerprint density at radius 1 is 1.19 bits per heavy atom. The normalized spacial score (nSPS) is 11.0. The van der Waals surface area contributed by atoms with Crippen molar-refractivity contribution in [3.05, 3.63) is 71.0 Å². The minimum Gasteiger partial charge on any atom is -0.451 e. The second kappa shape index (κ2) is 9.30. The third-order valence-corrected chi connectivity index (χ3v) is 3.74. The maximum atomic E-state index is 13.5. The first-order chi connectivity index (χ1) is 12.9. The molecule has 2 rings (SSSR count). The van der Waals surface area contributed by atoms with Crippen molar-refractivity contribution in [1.29, 1.82) is 5.26 Å². The molecule has 0 atom stereocenters. The molecule has 0 aliphatic heterocycles. The number of esters is 1. The lowest BCUT2D eigenvalue weighted by molar-refractivity contribution is -0.142. The summed E-state index contributed by atoms with van der Waals surface area (Å²) < 4.78 is 18.3. The molecule has 2 aromatic rings. The molecule has 0 unspecified atom stereocenters. The highest BCUT2D eigenvalue weighted by Crippen LogP contribution is 2.16. The molecule has 0 spiro atoms. The van der Waals surface area contributed by atoms with Gasteiger partial charge in [0.2, 0.25) is 0 Å². The molecular formula is C21H19FN2O3. The SMILES string of the molecule is CC(C)c1ccc(/C=C(\C#N)C(=O)OCC(=O)Nc2ccccc2F)cc1. The smallest absolute Gasteiger partial charge is 0.349 e. The van der Waals surface area contributed by atoms with Gasteiger partial charge in [0.25, 0.3) is 5.91 Å². The van der Waals surface area contributed by atoms with Crippen LogP contribution in [-0.4, -0.2) is 18.5 Å². The molecule has 0 heterocycles. The van der Waals surface area contributed by atoms with Crippen molar-refractivity contribution in [3.63, 3.8) is 0 Å². The number of carbonyl (C=O) groups is 2. The minimum absolute atomic E-state index is 0.0140. The number of rotatable bonds is 6. The van der Waals surface area contributed by atoms with Crippen molar-refractivity contribution in [3.8, 4) is 6.07 Å². The van der Waals surface area contributed by atoms with Gasteiger partial charge in [-0.3, -0.25) is 4.79 Å². The van der Waals surface area contributed by atoms with E-state index in [0.717, 1.165) is 5.56 Å². The predicted molar refractivity (Wildman–Crippen MR) is 100 cm³/mol. The lowest BCUT2D eigenvalue weighted by Gasteiger charge is -2.07. The highest BCUT2D eigenvalue weighted by molar-refractivity contribution is 6.00. The molecule has 0 saturated carbocycles. The number of nitrogens with one attached hydrogen (secondary N) is 1. The van der Waals surface area contributed by atoms with Gasteiger partial charge >= 0.3 is 5.97 Å². The lowest BCUT2D eigenvalue weighted by atomic mass is 10.0. The number of carbonyl (C=O) groups excluding carboxylic acids is 2. The highest BCUT2D eigenvalue weighted by atomic mass is 19.1.